The molecule has 1 amide bonds. The number of carbonyl (C=O) groups is 1. The van der Waals surface area contributed by atoms with Gasteiger partial charge in [-0.1, -0.05) is 40.6 Å². The lowest BCUT2D eigenvalue weighted by Crippen LogP contribution is -2.38. The average Bonchev–Trinajstić information content (AvgIpc) is 3.13. The molecule has 1 aliphatic rings. The zero-order valence-corrected chi connectivity index (χ0v) is 19.9. The summed E-state index contributed by atoms with van der Waals surface area (Å²) in [5, 5.41) is 3.17. The maximum absolute atomic E-state index is 12.7. The third kappa shape index (κ3) is 5.51. The van der Waals surface area contributed by atoms with Crippen molar-refractivity contribution in [2.75, 3.05) is 38.2 Å². The number of hydrogen-bond acceptors (Lipinski definition) is 8. The van der Waals surface area contributed by atoms with E-state index in [9.17, 15) is 13.2 Å². The van der Waals surface area contributed by atoms with Crippen LogP contribution in [0, 0.1) is 0 Å². The average molecular weight is 516 g/mol. The van der Waals surface area contributed by atoms with Gasteiger partial charge in [0, 0.05) is 32.1 Å². The van der Waals surface area contributed by atoms with Crippen molar-refractivity contribution in [1.82, 2.24) is 9.88 Å². The van der Waals surface area contributed by atoms with Crippen LogP contribution in [0.15, 0.2) is 41.3 Å². The second-order valence-corrected chi connectivity index (χ2v) is 10.3. The van der Waals surface area contributed by atoms with Crippen LogP contribution in [0.2, 0.25) is 10.0 Å². The quantitative estimate of drug-likeness (QED) is 0.474. The Morgan fingerprint density at radius 2 is 1.91 bits per heavy atom. The summed E-state index contributed by atoms with van der Waals surface area (Å²) < 4.78 is 36.5. The van der Waals surface area contributed by atoms with Crippen molar-refractivity contribution in [2.45, 2.75) is 11.3 Å². The number of nitrogens with one attached hydrogen (secondary N) is 1. The van der Waals surface area contributed by atoms with Crippen LogP contribution in [0.3, 0.4) is 0 Å². The molecule has 0 atom stereocenters. The van der Waals surface area contributed by atoms with Crippen molar-refractivity contribution in [2.24, 2.45) is 0 Å². The molecule has 0 bridgehead atoms. The van der Waals surface area contributed by atoms with Gasteiger partial charge in [-0.2, -0.15) is 8.42 Å². The van der Waals surface area contributed by atoms with Gasteiger partial charge in [0.05, 0.1) is 33.5 Å². The van der Waals surface area contributed by atoms with Crippen molar-refractivity contribution in [1.29, 1.82) is 0 Å². The van der Waals surface area contributed by atoms with Gasteiger partial charge in [-0.15, -0.1) is 0 Å². The second-order valence-electron chi connectivity index (χ2n) is 6.99. The molecule has 0 saturated carbocycles. The van der Waals surface area contributed by atoms with Crippen LogP contribution >= 0.6 is 34.5 Å². The number of benzene rings is 2. The Bertz CT molecular complexity index is 1220. The molecule has 0 aliphatic carbocycles. The number of ether oxygens (including phenoxy) is 1. The number of halogens is 2. The number of morpholine rings is 1. The summed E-state index contributed by atoms with van der Waals surface area (Å²) in [5.41, 5.74) is 0.610. The monoisotopic (exact) mass is 515 g/mol. The van der Waals surface area contributed by atoms with Crippen molar-refractivity contribution in [3.05, 3.63) is 46.4 Å². The minimum atomic E-state index is -4.24. The van der Waals surface area contributed by atoms with E-state index in [0.717, 1.165) is 13.1 Å². The second kappa shape index (κ2) is 9.90. The largest absolute Gasteiger partial charge is 0.379 e. The highest BCUT2D eigenvalue weighted by atomic mass is 35.5. The van der Waals surface area contributed by atoms with Crippen LogP contribution < -0.4 is 9.50 Å². The van der Waals surface area contributed by atoms with Crippen molar-refractivity contribution in [3.63, 3.8) is 0 Å². The van der Waals surface area contributed by atoms with Gasteiger partial charge in [0.1, 0.15) is 10.6 Å². The molecule has 12 heteroatoms. The lowest BCUT2D eigenvalue weighted by molar-refractivity contribution is -0.116. The number of aromatic nitrogens is 1. The summed E-state index contributed by atoms with van der Waals surface area (Å²) in [6.45, 7) is 3.66. The highest BCUT2D eigenvalue weighted by Gasteiger charge is 2.24. The lowest BCUT2D eigenvalue weighted by Gasteiger charge is -2.26. The topological polar surface area (TPSA) is 97.8 Å². The zero-order valence-electron chi connectivity index (χ0n) is 16.7. The van der Waals surface area contributed by atoms with Gasteiger partial charge >= 0.3 is 10.1 Å². The summed E-state index contributed by atoms with van der Waals surface area (Å²) in [4.78, 5) is 18.5. The molecule has 0 spiro atoms. The highest BCUT2D eigenvalue weighted by Crippen LogP contribution is 2.34. The van der Waals surface area contributed by atoms with Crippen LogP contribution in [0.5, 0.6) is 5.75 Å². The Balaban J connectivity index is 1.44. The first-order valence-corrected chi connectivity index (χ1v) is 12.7. The molecule has 2 heterocycles. The summed E-state index contributed by atoms with van der Waals surface area (Å²) >= 11 is 13.2. The first-order chi connectivity index (χ1) is 15.3. The number of hydrogen-bond donors (Lipinski definition) is 1. The molecule has 32 heavy (non-hydrogen) atoms. The molecule has 1 N–H and O–H groups in total. The van der Waals surface area contributed by atoms with E-state index in [4.69, 9.17) is 32.1 Å². The molecule has 170 valence electrons. The van der Waals surface area contributed by atoms with E-state index in [1.54, 1.807) is 18.2 Å². The number of carbonyl (C=O) groups excluding carboxylic acids is 1. The summed E-state index contributed by atoms with van der Waals surface area (Å²) in [6, 6.07) is 9.03. The molecule has 8 nitrogen and oxygen atoms in total. The van der Waals surface area contributed by atoms with Crippen molar-refractivity contribution < 1.29 is 22.1 Å². The zero-order chi connectivity index (χ0) is 22.7. The Hall–Kier alpha value is -1.95. The van der Waals surface area contributed by atoms with E-state index >= 15 is 0 Å². The molecule has 1 saturated heterocycles. The Morgan fingerprint density at radius 1 is 1.19 bits per heavy atom. The van der Waals surface area contributed by atoms with Gasteiger partial charge < -0.3 is 14.2 Å². The van der Waals surface area contributed by atoms with Crippen LogP contribution in [-0.2, 0) is 19.6 Å². The minimum absolute atomic E-state index is 0.0292. The van der Waals surface area contributed by atoms with Crippen LogP contribution in [0.25, 0.3) is 10.2 Å². The van der Waals surface area contributed by atoms with E-state index < -0.39 is 10.1 Å². The van der Waals surface area contributed by atoms with E-state index in [2.05, 4.69) is 15.2 Å². The Labute approximate surface area is 199 Å². The van der Waals surface area contributed by atoms with Gasteiger partial charge in [0.15, 0.2) is 5.13 Å². The molecule has 0 unspecified atom stereocenters. The Kier molecular flexibility index (Phi) is 7.18. The normalized spacial score (nSPS) is 15.1. The molecule has 2 aromatic carbocycles. The van der Waals surface area contributed by atoms with Gasteiger partial charge in [0.25, 0.3) is 0 Å². The van der Waals surface area contributed by atoms with Gasteiger partial charge in [-0.25, -0.2) is 4.98 Å². The van der Waals surface area contributed by atoms with E-state index in [0.29, 0.717) is 41.5 Å². The molecule has 1 fully saturated rings. The summed E-state index contributed by atoms with van der Waals surface area (Å²) in [5.74, 6) is -0.0507. The third-order valence-corrected chi connectivity index (χ3v) is 7.88. The predicted octanol–water partition coefficient (Wildman–Crippen LogP) is 4.03. The molecule has 1 aromatic heterocycles. The first kappa shape index (κ1) is 23.2. The molecular weight excluding hydrogens is 497 g/mol. The third-order valence-electron chi connectivity index (χ3n) is 4.74. The first-order valence-electron chi connectivity index (χ1n) is 9.71. The van der Waals surface area contributed by atoms with Crippen LogP contribution in [0.1, 0.15) is 6.42 Å². The SMILES string of the molecule is O=C(CCN1CCOCC1)Nc1nc2ccc(OS(=O)(=O)c3c(Cl)cccc3Cl)cc2s1. The van der Waals surface area contributed by atoms with Crippen molar-refractivity contribution in [3.8, 4) is 5.75 Å². The number of amides is 1. The number of anilines is 1. The van der Waals surface area contributed by atoms with E-state index in [1.165, 1.54) is 29.5 Å². The van der Waals surface area contributed by atoms with E-state index in [-0.39, 0.29) is 26.6 Å². The van der Waals surface area contributed by atoms with Gasteiger partial charge in [-0.3, -0.25) is 9.69 Å². The summed E-state index contributed by atoms with van der Waals surface area (Å²) in [7, 11) is -4.24. The molecule has 3 aromatic rings. The Morgan fingerprint density at radius 3 is 2.62 bits per heavy atom. The molecule has 4 rings (SSSR count). The fourth-order valence-electron chi connectivity index (χ4n) is 3.17. The van der Waals surface area contributed by atoms with Gasteiger partial charge in [0.2, 0.25) is 5.91 Å². The number of nitrogens with zero attached hydrogens (tertiary/aromatic N) is 2. The van der Waals surface area contributed by atoms with Gasteiger partial charge in [-0.05, 0) is 24.3 Å². The fourth-order valence-corrected chi connectivity index (χ4v) is 6.10. The van der Waals surface area contributed by atoms with E-state index in [1.807, 2.05) is 0 Å². The standard InChI is InChI=1S/C20H19Cl2N3O5S2/c21-14-2-1-3-15(22)19(14)32(27,28)30-13-4-5-16-17(12-13)31-20(23-16)24-18(26)6-7-25-8-10-29-11-9-25/h1-5,12H,6-11H2,(H,23,24,26). The summed E-state index contributed by atoms with van der Waals surface area (Å²) in [6.07, 6.45) is 0.348. The maximum Gasteiger partial charge on any atom is 0.342 e. The molecule has 0 radical (unpaired) electrons. The molecule has 1 aliphatic heterocycles. The smallest absolute Gasteiger partial charge is 0.342 e. The predicted molar refractivity (Wildman–Crippen MR) is 124 cm³/mol. The number of fused-ring (bicyclic) bond motifs is 1. The fraction of sp³-hybridized carbons (Fsp3) is 0.300. The highest BCUT2D eigenvalue weighted by molar-refractivity contribution is 7.87. The lowest BCUT2D eigenvalue weighted by atomic mass is 10.3. The van der Waals surface area contributed by atoms with Crippen LogP contribution in [-0.4, -0.2) is 57.1 Å². The van der Waals surface area contributed by atoms with Crippen LogP contribution in [0.4, 0.5) is 5.13 Å². The maximum atomic E-state index is 12.7. The minimum Gasteiger partial charge on any atom is -0.379 e. The number of thiazole rings is 1. The van der Waals surface area contributed by atoms with Crippen molar-refractivity contribution >= 4 is 65.9 Å². The molecular formula is C20H19Cl2N3O5S2. The number of rotatable bonds is 7.